The molecule has 12 heavy (non-hydrogen) atoms. The van der Waals surface area contributed by atoms with Crippen molar-refractivity contribution in [1.82, 2.24) is 4.90 Å². The van der Waals surface area contributed by atoms with Gasteiger partial charge >= 0.3 is 0 Å². The van der Waals surface area contributed by atoms with Gasteiger partial charge in [-0.05, 0) is 38.9 Å². The van der Waals surface area contributed by atoms with Gasteiger partial charge in [0.25, 0.3) is 0 Å². The summed E-state index contributed by atoms with van der Waals surface area (Å²) in [4.78, 5) is 2.02. The Morgan fingerprint density at radius 1 is 1.33 bits per heavy atom. The van der Waals surface area contributed by atoms with Crippen LogP contribution in [0.2, 0.25) is 0 Å². The SMILES string of the molecule is CC(C)N(C[P@@](N)(=O)Cl)C(C)C. The highest BCUT2D eigenvalue weighted by molar-refractivity contribution is 7.87. The molecule has 74 valence electrons. The van der Waals surface area contributed by atoms with Crippen LogP contribution in [0.15, 0.2) is 0 Å². The van der Waals surface area contributed by atoms with E-state index in [1.807, 2.05) is 32.6 Å². The average molecular weight is 213 g/mol. The zero-order valence-electron chi connectivity index (χ0n) is 8.12. The van der Waals surface area contributed by atoms with E-state index in [0.717, 1.165) is 0 Å². The minimum Gasteiger partial charge on any atom is -0.289 e. The Kier molecular flexibility index (Phi) is 4.78. The first-order valence-electron chi connectivity index (χ1n) is 4.07. The van der Waals surface area contributed by atoms with Crippen molar-refractivity contribution in [3.05, 3.63) is 0 Å². The molecule has 2 N–H and O–H groups in total. The largest absolute Gasteiger partial charge is 0.289 e. The molecule has 5 heteroatoms. The Morgan fingerprint density at radius 3 is 1.75 bits per heavy atom. The molecule has 0 rings (SSSR count). The molecule has 0 fully saturated rings. The number of hydrogen-bond donors (Lipinski definition) is 1. The fourth-order valence-corrected chi connectivity index (χ4v) is 2.61. The summed E-state index contributed by atoms with van der Waals surface area (Å²) >= 11 is 5.51. The molecule has 0 unspecified atom stereocenters. The van der Waals surface area contributed by atoms with E-state index in [1.54, 1.807) is 0 Å². The molecule has 0 amide bonds. The van der Waals surface area contributed by atoms with Crippen LogP contribution in [0.4, 0.5) is 0 Å². The summed E-state index contributed by atoms with van der Waals surface area (Å²) in [5.74, 6) is 0. The van der Waals surface area contributed by atoms with Gasteiger partial charge in [0.15, 0.2) is 0 Å². The first kappa shape index (κ1) is 12.4. The summed E-state index contributed by atoms with van der Waals surface area (Å²) in [6, 6.07) is 0.640. The molecular weight excluding hydrogens is 195 g/mol. The van der Waals surface area contributed by atoms with E-state index < -0.39 is 6.65 Å². The van der Waals surface area contributed by atoms with Gasteiger partial charge in [0, 0.05) is 12.1 Å². The first-order chi connectivity index (χ1) is 5.24. The maximum Gasteiger partial charge on any atom is 0.243 e. The minimum atomic E-state index is -2.93. The van der Waals surface area contributed by atoms with Gasteiger partial charge in [-0.1, -0.05) is 0 Å². The van der Waals surface area contributed by atoms with E-state index in [1.165, 1.54) is 0 Å². The molecule has 0 bridgehead atoms. The number of nitrogens with two attached hydrogens (primary N) is 1. The molecule has 0 aromatic carbocycles. The lowest BCUT2D eigenvalue weighted by atomic mass is 10.2. The summed E-state index contributed by atoms with van der Waals surface area (Å²) in [5.41, 5.74) is 5.29. The second-order valence-electron chi connectivity index (χ2n) is 3.55. The van der Waals surface area contributed by atoms with Gasteiger partial charge in [-0.3, -0.25) is 15.0 Å². The fourth-order valence-electron chi connectivity index (χ4n) is 1.15. The molecule has 0 heterocycles. The quantitative estimate of drug-likeness (QED) is 0.729. The Balaban J connectivity index is 4.25. The third kappa shape index (κ3) is 5.15. The maximum atomic E-state index is 11.1. The molecule has 0 aromatic heterocycles. The Bertz CT molecular complexity index is 170. The zero-order chi connectivity index (χ0) is 9.94. The van der Waals surface area contributed by atoms with E-state index in [4.69, 9.17) is 16.7 Å². The minimum absolute atomic E-state index is 0.282. The maximum absolute atomic E-state index is 11.1. The number of nitrogens with zero attached hydrogens (tertiary/aromatic N) is 1. The average Bonchev–Trinajstić information content (AvgIpc) is 1.79. The van der Waals surface area contributed by atoms with Crippen molar-refractivity contribution < 1.29 is 4.57 Å². The van der Waals surface area contributed by atoms with E-state index in [0.29, 0.717) is 12.1 Å². The van der Waals surface area contributed by atoms with Gasteiger partial charge in [0.05, 0.1) is 6.29 Å². The van der Waals surface area contributed by atoms with Gasteiger partial charge < -0.3 is 0 Å². The predicted molar refractivity (Wildman–Crippen MR) is 54.6 cm³/mol. The standard InChI is InChI=1S/C7H18ClN2OP/c1-6(2)10(7(3)4)5-12(8,9)11/h6-7H,5H2,1-4H3,(H2,9,11)/t12-/m1/s1. The summed E-state index contributed by atoms with van der Waals surface area (Å²) in [6.45, 7) is 5.21. The Morgan fingerprint density at radius 2 is 1.67 bits per heavy atom. The third-order valence-corrected chi connectivity index (χ3v) is 2.72. The normalized spacial score (nSPS) is 17.4. The van der Waals surface area contributed by atoms with E-state index >= 15 is 0 Å². The lowest BCUT2D eigenvalue weighted by Gasteiger charge is -2.30. The molecule has 3 nitrogen and oxygen atoms in total. The van der Waals surface area contributed by atoms with Crippen LogP contribution in [0.25, 0.3) is 0 Å². The van der Waals surface area contributed by atoms with Crippen molar-refractivity contribution in [1.29, 1.82) is 0 Å². The van der Waals surface area contributed by atoms with Gasteiger partial charge in [0.2, 0.25) is 6.65 Å². The number of halogens is 1. The molecule has 0 radical (unpaired) electrons. The van der Waals surface area contributed by atoms with Crippen molar-refractivity contribution >= 4 is 17.9 Å². The smallest absolute Gasteiger partial charge is 0.243 e. The molecule has 0 aliphatic rings. The van der Waals surface area contributed by atoms with E-state index in [9.17, 15) is 4.57 Å². The van der Waals surface area contributed by atoms with Gasteiger partial charge in [-0.25, -0.2) is 0 Å². The predicted octanol–water partition coefficient (Wildman–Crippen LogP) is 2.45. The molecule has 0 spiro atoms. The van der Waals surface area contributed by atoms with Crippen LogP contribution < -0.4 is 5.50 Å². The van der Waals surface area contributed by atoms with E-state index in [2.05, 4.69) is 0 Å². The van der Waals surface area contributed by atoms with Crippen LogP contribution >= 0.6 is 17.9 Å². The van der Waals surface area contributed by atoms with Crippen molar-refractivity contribution in [3.8, 4) is 0 Å². The summed E-state index contributed by atoms with van der Waals surface area (Å²) in [5, 5.41) is 0. The van der Waals surface area contributed by atoms with Crippen molar-refractivity contribution in [3.63, 3.8) is 0 Å². The van der Waals surface area contributed by atoms with Crippen molar-refractivity contribution in [2.45, 2.75) is 39.8 Å². The van der Waals surface area contributed by atoms with Crippen molar-refractivity contribution in [2.75, 3.05) is 6.29 Å². The highest BCUT2D eigenvalue weighted by Gasteiger charge is 2.21. The van der Waals surface area contributed by atoms with Crippen LogP contribution in [0.5, 0.6) is 0 Å². The zero-order valence-corrected chi connectivity index (χ0v) is 9.77. The summed E-state index contributed by atoms with van der Waals surface area (Å²) < 4.78 is 11.1. The molecular formula is C7H18ClN2OP. The van der Waals surface area contributed by atoms with Gasteiger partial charge in [0.1, 0.15) is 0 Å². The van der Waals surface area contributed by atoms with Crippen LogP contribution in [0, 0.1) is 0 Å². The van der Waals surface area contributed by atoms with Crippen LogP contribution in [0.3, 0.4) is 0 Å². The molecule has 0 saturated carbocycles. The van der Waals surface area contributed by atoms with Gasteiger partial charge in [-0.2, -0.15) is 0 Å². The summed E-state index contributed by atoms with van der Waals surface area (Å²) in [6.07, 6.45) is 0.282. The first-order valence-corrected chi connectivity index (χ1v) is 6.93. The molecule has 0 aliphatic heterocycles. The molecule has 0 aliphatic carbocycles. The van der Waals surface area contributed by atoms with Crippen LogP contribution in [0.1, 0.15) is 27.7 Å². The molecule has 0 saturated heterocycles. The highest BCUT2D eigenvalue weighted by atomic mass is 35.7. The monoisotopic (exact) mass is 212 g/mol. The fraction of sp³-hybridized carbons (Fsp3) is 1.00. The molecule has 1 atom stereocenters. The third-order valence-electron chi connectivity index (χ3n) is 1.68. The lowest BCUT2D eigenvalue weighted by molar-refractivity contribution is 0.206. The second-order valence-corrected chi connectivity index (χ2v) is 6.95. The van der Waals surface area contributed by atoms with Crippen LogP contribution in [-0.2, 0) is 4.57 Å². The number of rotatable bonds is 4. The Labute approximate surface area is 79.5 Å². The number of hydrogen-bond acceptors (Lipinski definition) is 2. The van der Waals surface area contributed by atoms with Gasteiger partial charge in [-0.15, -0.1) is 0 Å². The van der Waals surface area contributed by atoms with Crippen LogP contribution in [-0.4, -0.2) is 23.3 Å². The summed E-state index contributed by atoms with van der Waals surface area (Å²) in [7, 11) is 0. The Hall–Kier alpha value is 0.440. The lowest BCUT2D eigenvalue weighted by Crippen LogP contribution is -2.37. The molecule has 0 aromatic rings. The van der Waals surface area contributed by atoms with E-state index in [-0.39, 0.29) is 6.29 Å². The highest BCUT2D eigenvalue weighted by Crippen LogP contribution is 2.43. The topological polar surface area (TPSA) is 46.3 Å². The second kappa shape index (κ2) is 4.61. The van der Waals surface area contributed by atoms with Crippen molar-refractivity contribution in [2.24, 2.45) is 5.50 Å².